The van der Waals surface area contributed by atoms with Crippen LogP contribution in [0.5, 0.6) is 0 Å². The van der Waals surface area contributed by atoms with Gasteiger partial charge in [-0.25, -0.2) is 9.78 Å². The maximum Gasteiger partial charge on any atom is 0.240 e. The quantitative estimate of drug-likeness (QED) is 0.512. The first-order chi connectivity index (χ1) is 6.31. The van der Waals surface area contributed by atoms with Crippen molar-refractivity contribution in [1.29, 1.82) is 0 Å². The number of hydrogen-bond acceptors (Lipinski definition) is 4. The Labute approximate surface area is 78.8 Å². The van der Waals surface area contributed by atoms with Gasteiger partial charge in [0.25, 0.3) is 0 Å². The molecule has 1 aromatic carbocycles. The molecule has 64 valence electrons. The standard InChI is InChI=1S/C9H6N2OS/c1-6-11-9-7(10-5-12)3-2-4-8(9)13-6/h2-4H,1H3. The first-order valence-corrected chi connectivity index (χ1v) is 4.57. The van der Waals surface area contributed by atoms with Crippen LogP contribution in [0.4, 0.5) is 5.69 Å². The Morgan fingerprint density at radius 1 is 1.54 bits per heavy atom. The van der Waals surface area contributed by atoms with Gasteiger partial charge in [0.05, 0.1) is 9.71 Å². The Bertz CT molecular complexity index is 497. The molecule has 0 aliphatic carbocycles. The lowest BCUT2D eigenvalue weighted by Crippen LogP contribution is -1.70. The molecule has 0 saturated heterocycles. The van der Waals surface area contributed by atoms with Gasteiger partial charge in [-0.3, -0.25) is 0 Å². The van der Waals surface area contributed by atoms with Gasteiger partial charge in [0.2, 0.25) is 6.08 Å². The summed E-state index contributed by atoms with van der Waals surface area (Å²) < 4.78 is 1.05. The molecule has 3 nitrogen and oxygen atoms in total. The predicted molar refractivity (Wildman–Crippen MR) is 52.1 cm³/mol. The maximum atomic E-state index is 10.1. The second-order valence-electron chi connectivity index (χ2n) is 2.56. The van der Waals surface area contributed by atoms with E-state index in [0.717, 1.165) is 15.2 Å². The molecule has 1 aromatic heterocycles. The summed E-state index contributed by atoms with van der Waals surface area (Å²) >= 11 is 1.59. The minimum absolute atomic E-state index is 0.594. The highest BCUT2D eigenvalue weighted by Gasteiger charge is 2.03. The number of nitrogens with zero attached hydrogens (tertiary/aromatic N) is 2. The van der Waals surface area contributed by atoms with Gasteiger partial charge in [-0.1, -0.05) is 6.07 Å². The molecule has 0 unspecified atom stereocenters. The van der Waals surface area contributed by atoms with Crippen LogP contribution in [0.3, 0.4) is 0 Å². The van der Waals surface area contributed by atoms with Gasteiger partial charge in [-0.15, -0.1) is 11.3 Å². The van der Waals surface area contributed by atoms with Crippen LogP contribution in [0.15, 0.2) is 23.2 Å². The number of carbonyl (C=O) groups excluding carboxylic acids is 1. The van der Waals surface area contributed by atoms with Gasteiger partial charge in [0, 0.05) is 0 Å². The SMILES string of the molecule is Cc1nc2c(N=C=O)cccc2s1. The van der Waals surface area contributed by atoms with E-state index in [4.69, 9.17) is 0 Å². The van der Waals surface area contributed by atoms with Crippen molar-refractivity contribution in [3.8, 4) is 0 Å². The van der Waals surface area contributed by atoms with E-state index in [1.165, 1.54) is 6.08 Å². The maximum absolute atomic E-state index is 10.1. The van der Waals surface area contributed by atoms with Crippen LogP contribution in [0.2, 0.25) is 0 Å². The Balaban J connectivity index is 2.81. The molecule has 2 aromatic rings. The normalized spacial score (nSPS) is 9.92. The molecule has 0 aliphatic heterocycles. The number of rotatable bonds is 1. The van der Waals surface area contributed by atoms with E-state index in [0.29, 0.717) is 5.69 Å². The molecule has 0 saturated carbocycles. The summed E-state index contributed by atoms with van der Waals surface area (Å²) in [6, 6.07) is 5.58. The highest BCUT2D eigenvalue weighted by Crippen LogP contribution is 2.28. The number of benzene rings is 1. The van der Waals surface area contributed by atoms with Crippen molar-refractivity contribution in [2.45, 2.75) is 6.92 Å². The number of thiazole rings is 1. The van der Waals surface area contributed by atoms with Gasteiger partial charge in [-0.05, 0) is 19.1 Å². The van der Waals surface area contributed by atoms with E-state index in [2.05, 4.69) is 9.98 Å². The van der Waals surface area contributed by atoms with Crippen molar-refractivity contribution < 1.29 is 4.79 Å². The predicted octanol–water partition coefficient (Wildman–Crippen LogP) is 2.57. The van der Waals surface area contributed by atoms with E-state index in [1.807, 2.05) is 19.1 Å². The monoisotopic (exact) mass is 190 g/mol. The van der Waals surface area contributed by atoms with E-state index >= 15 is 0 Å². The highest BCUT2D eigenvalue weighted by atomic mass is 32.1. The number of aryl methyl sites for hydroxylation is 1. The van der Waals surface area contributed by atoms with Crippen molar-refractivity contribution in [1.82, 2.24) is 4.98 Å². The molecular weight excluding hydrogens is 184 g/mol. The lowest BCUT2D eigenvalue weighted by Gasteiger charge is -1.89. The third kappa shape index (κ3) is 1.37. The molecule has 13 heavy (non-hydrogen) atoms. The van der Waals surface area contributed by atoms with Crippen molar-refractivity contribution in [2.75, 3.05) is 0 Å². The molecule has 0 radical (unpaired) electrons. The summed E-state index contributed by atoms with van der Waals surface area (Å²) in [6.45, 7) is 1.93. The van der Waals surface area contributed by atoms with Gasteiger partial charge < -0.3 is 0 Å². The third-order valence-corrected chi connectivity index (χ3v) is 2.61. The fourth-order valence-electron chi connectivity index (χ4n) is 1.18. The van der Waals surface area contributed by atoms with Crippen LogP contribution in [-0.4, -0.2) is 11.1 Å². The highest BCUT2D eigenvalue weighted by molar-refractivity contribution is 7.18. The van der Waals surface area contributed by atoms with E-state index in [-0.39, 0.29) is 0 Å². The number of aliphatic imine (C=N–C) groups is 1. The summed E-state index contributed by atoms with van der Waals surface area (Å²) in [5.74, 6) is 0. The van der Waals surface area contributed by atoms with Crippen molar-refractivity contribution in [3.05, 3.63) is 23.2 Å². The van der Waals surface area contributed by atoms with Gasteiger partial charge in [-0.2, -0.15) is 4.99 Å². The second-order valence-corrected chi connectivity index (χ2v) is 3.79. The Hall–Kier alpha value is -1.51. The zero-order chi connectivity index (χ0) is 9.26. The van der Waals surface area contributed by atoms with Crippen LogP contribution in [0.1, 0.15) is 5.01 Å². The summed E-state index contributed by atoms with van der Waals surface area (Å²) in [5, 5.41) is 0.976. The van der Waals surface area contributed by atoms with E-state index in [9.17, 15) is 4.79 Å². The van der Waals surface area contributed by atoms with Crippen LogP contribution in [-0.2, 0) is 4.79 Å². The Morgan fingerprint density at radius 2 is 2.38 bits per heavy atom. The Kier molecular flexibility index (Phi) is 1.93. The first kappa shape index (κ1) is 8.10. The van der Waals surface area contributed by atoms with E-state index in [1.54, 1.807) is 17.4 Å². The molecule has 1 heterocycles. The minimum atomic E-state index is 0.594. The molecule has 2 rings (SSSR count). The summed E-state index contributed by atoms with van der Waals surface area (Å²) in [4.78, 5) is 18.0. The van der Waals surface area contributed by atoms with E-state index < -0.39 is 0 Å². The van der Waals surface area contributed by atoms with Crippen molar-refractivity contribution in [3.63, 3.8) is 0 Å². The topological polar surface area (TPSA) is 42.3 Å². The molecule has 0 N–H and O–H groups in total. The minimum Gasteiger partial charge on any atom is -0.239 e. The average molecular weight is 190 g/mol. The molecule has 0 aliphatic rings. The fourth-order valence-corrected chi connectivity index (χ4v) is 2.03. The van der Waals surface area contributed by atoms with Crippen LogP contribution in [0.25, 0.3) is 10.2 Å². The molecule has 0 fully saturated rings. The average Bonchev–Trinajstić information content (AvgIpc) is 2.47. The number of aromatic nitrogens is 1. The summed E-state index contributed by atoms with van der Waals surface area (Å²) in [5.41, 5.74) is 1.38. The number of hydrogen-bond donors (Lipinski definition) is 0. The molecule has 0 amide bonds. The summed E-state index contributed by atoms with van der Waals surface area (Å²) in [6.07, 6.45) is 1.53. The third-order valence-electron chi connectivity index (χ3n) is 1.67. The number of fused-ring (bicyclic) bond motifs is 1. The van der Waals surface area contributed by atoms with Gasteiger partial charge in [0.1, 0.15) is 11.2 Å². The number of isocyanates is 1. The van der Waals surface area contributed by atoms with Crippen LogP contribution < -0.4 is 0 Å². The van der Waals surface area contributed by atoms with Crippen LogP contribution >= 0.6 is 11.3 Å². The van der Waals surface area contributed by atoms with Crippen LogP contribution in [0, 0.1) is 6.92 Å². The van der Waals surface area contributed by atoms with Gasteiger partial charge in [0.15, 0.2) is 0 Å². The lowest BCUT2D eigenvalue weighted by atomic mass is 10.3. The molecule has 4 heteroatoms. The molecule has 0 atom stereocenters. The first-order valence-electron chi connectivity index (χ1n) is 3.75. The summed E-state index contributed by atoms with van der Waals surface area (Å²) in [7, 11) is 0. The van der Waals surface area contributed by atoms with Crippen molar-refractivity contribution in [2.24, 2.45) is 4.99 Å². The molecule has 0 bridgehead atoms. The molecule has 0 spiro atoms. The largest absolute Gasteiger partial charge is 0.240 e. The fraction of sp³-hybridized carbons (Fsp3) is 0.111. The van der Waals surface area contributed by atoms with Crippen molar-refractivity contribution >= 4 is 33.3 Å². The zero-order valence-electron chi connectivity index (χ0n) is 6.94. The lowest BCUT2D eigenvalue weighted by molar-refractivity contribution is 0.565. The smallest absolute Gasteiger partial charge is 0.239 e. The zero-order valence-corrected chi connectivity index (χ0v) is 7.76. The Morgan fingerprint density at radius 3 is 3.15 bits per heavy atom. The number of para-hydroxylation sites is 1. The second kappa shape index (κ2) is 3.09. The van der Waals surface area contributed by atoms with Gasteiger partial charge >= 0.3 is 0 Å². The molecular formula is C9H6N2OS.